The van der Waals surface area contributed by atoms with Crippen LogP contribution < -0.4 is 14.0 Å². The molecule has 7 heteroatoms. The highest BCUT2D eigenvalue weighted by Crippen LogP contribution is 2.18. The largest absolute Gasteiger partial charge is 0.494 e. The number of nitrogens with zero attached hydrogens (tertiary/aromatic N) is 2. The number of carbonyl (C=O) groups is 2. The molecule has 0 N–H and O–H groups in total. The molecule has 0 amide bonds. The molecule has 0 aliphatic heterocycles. The van der Waals surface area contributed by atoms with E-state index in [1.165, 1.54) is 0 Å². The lowest BCUT2D eigenvalue weighted by atomic mass is 10.1. The van der Waals surface area contributed by atoms with Crippen molar-refractivity contribution in [1.29, 1.82) is 0 Å². The standard InChI is InChI=1S/C34H33N2O5/c1-3-33(37)40-24-6-5-23-39-31-17-11-27(12-18-31)7-8-28-13-19-32(20-14-28)41-34(38)30-15-9-29(10-16-30)25-36-22-21-35(4-2)26-36/h3-4,7-22,26H,1-2,5-6,23-25H2/q+1. The van der Waals surface area contributed by atoms with E-state index < -0.39 is 11.9 Å². The third kappa shape index (κ3) is 9.21. The average Bonchev–Trinajstić information content (AvgIpc) is 3.46. The fraction of sp³-hybridized carbons (Fsp3) is 0.147. The van der Waals surface area contributed by atoms with E-state index >= 15 is 0 Å². The molecule has 0 radical (unpaired) electrons. The van der Waals surface area contributed by atoms with E-state index in [1.807, 2.05) is 88.5 Å². The van der Waals surface area contributed by atoms with Gasteiger partial charge in [-0.1, -0.05) is 61.7 Å². The Morgan fingerprint density at radius 1 is 0.805 bits per heavy atom. The molecule has 208 valence electrons. The summed E-state index contributed by atoms with van der Waals surface area (Å²) in [6.07, 6.45) is 14.2. The van der Waals surface area contributed by atoms with Crippen molar-refractivity contribution in [1.82, 2.24) is 4.57 Å². The number of carbonyl (C=O) groups excluding carboxylic acids is 2. The summed E-state index contributed by atoms with van der Waals surface area (Å²) >= 11 is 0. The second-order valence-corrected chi connectivity index (χ2v) is 9.20. The fourth-order valence-corrected chi connectivity index (χ4v) is 3.88. The van der Waals surface area contributed by atoms with Crippen molar-refractivity contribution in [2.75, 3.05) is 13.2 Å². The van der Waals surface area contributed by atoms with E-state index in [0.29, 0.717) is 31.1 Å². The Kier molecular flexibility index (Phi) is 10.4. The van der Waals surface area contributed by atoms with Crippen LogP contribution in [0.3, 0.4) is 0 Å². The van der Waals surface area contributed by atoms with Crippen molar-refractivity contribution in [3.05, 3.63) is 133 Å². The first-order chi connectivity index (χ1) is 20.0. The van der Waals surface area contributed by atoms with E-state index in [1.54, 1.807) is 30.5 Å². The van der Waals surface area contributed by atoms with Gasteiger partial charge in [-0.05, 0) is 65.9 Å². The third-order valence-electron chi connectivity index (χ3n) is 6.13. The van der Waals surface area contributed by atoms with Gasteiger partial charge in [-0.25, -0.2) is 18.7 Å². The van der Waals surface area contributed by atoms with Gasteiger partial charge >= 0.3 is 11.9 Å². The molecule has 1 aromatic heterocycles. The molecule has 0 spiro atoms. The molecule has 0 fully saturated rings. The van der Waals surface area contributed by atoms with Gasteiger partial charge in [0.25, 0.3) is 0 Å². The second-order valence-electron chi connectivity index (χ2n) is 9.20. The van der Waals surface area contributed by atoms with Crippen molar-refractivity contribution in [2.45, 2.75) is 19.4 Å². The summed E-state index contributed by atoms with van der Waals surface area (Å²) in [6, 6.07) is 22.6. The highest BCUT2D eigenvalue weighted by atomic mass is 16.5. The van der Waals surface area contributed by atoms with E-state index in [-0.39, 0.29) is 0 Å². The maximum atomic E-state index is 12.6. The van der Waals surface area contributed by atoms with Crippen LogP contribution in [0.4, 0.5) is 0 Å². The van der Waals surface area contributed by atoms with Crippen LogP contribution in [0.25, 0.3) is 18.4 Å². The van der Waals surface area contributed by atoms with Gasteiger partial charge < -0.3 is 14.2 Å². The van der Waals surface area contributed by atoms with Crippen LogP contribution in [-0.2, 0) is 16.1 Å². The smallest absolute Gasteiger partial charge is 0.343 e. The summed E-state index contributed by atoms with van der Waals surface area (Å²) in [5.41, 5.74) is 3.58. The van der Waals surface area contributed by atoms with Gasteiger partial charge in [0.05, 0.1) is 25.0 Å². The van der Waals surface area contributed by atoms with Crippen LogP contribution in [0.1, 0.15) is 39.9 Å². The molecular formula is C34H33N2O5+. The Labute approximate surface area is 240 Å². The topological polar surface area (TPSA) is 70.6 Å². The average molecular weight is 550 g/mol. The van der Waals surface area contributed by atoms with Crippen molar-refractivity contribution >= 4 is 30.3 Å². The summed E-state index contributed by atoms with van der Waals surface area (Å²) in [4.78, 5) is 23.6. The number of ether oxygens (including phenoxy) is 3. The summed E-state index contributed by atoms with van der Waals surface area (Å²) < 4.78 is 20.1. The quantitative estimate of drug-likeness (QED) is 0.0468. The van der Waals surface area contributed by atoms with Crippen LogP contribution in [0, 0.1) is 0 Å². The first-order valence-electron chi connectivity index (χ1n) is 13.3. The number of aromatic nitrogens is 2. The lowest BCUT2D eigenvalue weighted by Gasteiger charge is -2.07. The third-order valence-corrected chi connectivity index (χ3v) is 6.13. The molecule has 0 unspecified atom stereocenters. The van der Waals surface area contributed by atoms with Crippen molar-refractivity contribution in [3.63, 3.8) is 0 Å². The molecule has 4 rings (SSSR count). The van der Waals surface area contributed by atoms with Crippen molar-refractivity contribution in [2.24, 2.45) is 0 Å². The monoisotopic (exact) mass is 549 g/mol. The zero-order valence-electron chi connectivity index (χ0n) is 22.9. The van der Waals surface area contributed by atoms with Crippen LogP contribution >= 0.6 is 0 Å². The summed E-state index contributed by atoms with van der Waals surface area (Å²) in [5, 5.41) is 0. The predicted octanol–water partition coefficient (Wildman–Crippen LogP) is 6.20. The predicted molar refractivity (Wildman–Crippen MR) is 159 cm³/mol. The molecule has 0 aliphatic carbocycles. The molecular weight excluding hydrogens is 516 g/mol. The van der Waals surface area contributed by atoms with E-state index in [0.717, 1.165) is 41.4 Å². The lowest BCUT2D eigenvalue weighted by molar-refractivity contribution is -0.687. The van der Waals surface area contributed by atoms with Gasteiger partial charge in [0, 0.05) is 6.08 Å². The maximum absolute atomic E-state index is 12.6. The van der Waals surface area contributed by atoms with Crippen LogP contribution in [0.15, 0.2) is 111 Å². The normalized spacial score (nSPS) is 10.7. The highest BCUT2D eigenvalue weighted by Gasteiger charge is 2.10. The van der Waals surface area contributed by atoms with Gasteiger partial charge in [-0.3, -0.25) is 0 Å². The SMILES string of the molecule is C=CC(=O)OCCCCOc1ccc(C=Cc2ccc(OC(=O)c3ccc(C[n+]4ccn(C=C)c4)cc3)cc2)cc1. The molecule has 0 saturated carbocycles. The van der Waals surface area contributed by atoms with Crippen LogP contribution in [0.5, 0.6) is 11.5 Å². The van der Waals surface area contributed by atoms with E-state index in [4.69, 9.17) is 14.2 Å². The van der Waals surface area contributed by atoms with Gasteiger partial charge in [-0.15, -0.1) is 0 Å². The number of benzene rings is 3. The number of hydrogen-bond donors (Lipinski definition) is 0. The number of imidazole rings is 1. The highest BCUT2D eigenvalue weighted by molar-refractivity contribution is 5.91. The molecule has 0 bridgehead atoms. The zero-order chi connectivity index (χ0) is 28.9. The molecule has 7 nitrogen and oxygen atoms in total. The number of esters is 2. The first kappa shape index (κ1) is 28.8. The Bertz CT molecular complexity index is 1480. The van der Waals surface area contributed by atoms with E-state index in [9.17, 15) is 9.59 Å². The van der Waals surface area contributed by atoms with E-state index in [2.05, 4.69) is 13.2 Å². The minimum atomic E-state index is -0.404. The molecule has 0 saturated heterocycles. The maximum Gasteiger partial charge on any atom is 0.343 e. The van der Waals surface area contributed by atoms with Gasteiger partial charge in [0.15, 0.2) is 0 Å². The number of rotatable bonds is 14. The lowest BCUT2D eigenvalue weighted by Crippen LogP contribution is -2.31. The molecule has 41 heavy (non-hydrogen) atoms. The molecule has 0 atom stereocenters. The summed E-state index contributed by atoms with van der Waals surface area (Å²) in [5.74, 6) is 0.466. The second kappa shape index (κ2) is 14.8. The van der Waals surface area contributed by atoms with Crippen LogP contribution in [-0.4, -0.2) is 29.7 Å². The molecule has 1 heterocycles. The Balaban J connectivity index is 1.21. The fourth-order valence-electron chi connectivity index (χ4n) is 3.88. The molecule has 3 aromatic carbocycles. The van der Waals surface area contributed by atoms with Crippen LogP contribution in [0.2, 0.25) is 0 Å². The van der Waals surface area contributed by atoms with Crippen molar-refractivity contribution in [3.8, 4) is 11.5 Å². The molecule has 0 aliphatic rings. The summed E-state index contributed by atoms with van der Waals surface area (Å²) in [7, 11) is 0. The van der Waals surface area contributed by atoms with Crippen molar-refractivity contribution < 1.29 is 28.4 Å². The molecule has 4 aromatic rings. The minimum Gasteiger partial charge on any atom is -0.494 e. The number of unbranched alkanes of at least 4 members (excludes halogenated alkanes) is 1. The number of hydrogen-bond acceptors (Lipinski definition) is 5. The first-order valence-corrected chi connectivity index (χ1v) is 13.3. The summed E-state index contributed by atoms with van der Waals surface area (Å²) in [6.45, 7) is 8.72. The van der Waals surface area contributed by atoms with Gasteiger partial charge in [0.2, 0.25) is 6.33 Å². The Morgan fingerprint density at radius 3 is 2.05 bits per heavy atom. The van der Waals surface area contributed by atoms with Gasteiger partial charge in [0.1, 0.15) is 30.4 Å². The van der Waals surface area contributed by atoms with Gasteiger partial charge in [-0.2, -0.15) is 0 Å². The Hall–Kier alpha value is -5.17. The Morgan fingerprint density at radius 2 is 1.44 bits per heavy atom. The zero-order valence-corrected chi connectivity index (χ0v) is 22.9. The minimum absolute atomic E-state index is 0.363.